The van der Waals surface area contributed by atoms with Gasteiger partial charge >= 0.3 is 0 Å². The summed E-state index contributed by atoms with van der Waals surface area (Å²) >= 11 is 5.90. The van der Waals surface area contributed by atoms with Crippen molar-refractivity contribution in [1.82, 2.24) is 9.97 Å². The van der Waals surface area contributed by atoms with E-state index in [4.69, 9.17) is 16.3 Å². The average molecular weight is 286 g/mol. The Balaban J connectivity index is 2.88. The van der Waals surface area contributed by atoms with Crippen molar-refractivity contribution in [2.24, 2.45) is 0 Å². The summed E-state index contributed by atoms with van der Waals surface area (Å²) in [5.74, 6) is 1.92. The van der Waals surface area contributed by atoms with E-state index in [0.29, 0.717) is 30.4 Å². The van der Waals surface area contributed by atoms with E-state index in [2.05, 4.69) is 35.6 Å². The van der Waals surface area contributed by atoms with Gasteiger partial charge in [0.2, 0.25) is 11.8 Å². The standard InChI is InChI=1S/C14H24ClN3O/c1-4-11-19-13-7-9-16-14(17-13)18(10-8-15)12(5-2)6-3/h7,9,12H,4-6,8,10-11H2,1-3H3. The van der Waals surface area contributed by atoms with Crippen LogP contribution in [-0.4, -0.2) is 35.0 Å². The van der Waals surface area contributed by atoms with Crippen molar-refractivity contribution in [2.75, 3.05) is 23.9 Å². The van der Waals surface area contributed by atoms with Crippen molar-refractivity contribution in [1.29, 1.82) is 0 Å². The summed E-state index contributed by atoms with van der Waals surface area (Å²) in [5, 5.41) is 0. The molecule has 0 aromatic carbocycles. The molecular weight excluding hydrogens is 262 g/mol. The molecule has 0 saturated heterocycles. The molecule has 0 aliphatic rings. The van der Waals surface area contributed by atoms with Crippen molar-refractivity contribution in [2.45, 2.75) is 46.1 Å². The molecule has 0 fully saturated rings. The normalized spacial score (nSPS) is 10.8. The molecule has 5 heteroatoms. The van der Waals surface area contributed by atoms with Gasteiger partial charge in [0.25, 0.3) is 0 Å². The first kappa shape index (κ1) is 16.0. The van der Waals surface area contributed by atoms with Crippen LogP contribution in [0.15, 0.2) is 12.3 Å². The van der Waals surface area contributed by atoms with Crippen LogP contribution in [0, 0.1) is 0 Å². The lowest BCUT2D eigenvalue weighted by Crippen LogP contribution is -2.37. The molecule has 1 aromatic heterocycles. The smallest absolute Gasteiger partial charge is 0.228 e. The maximum atomic E-state index is 5.90. The van der Waals surface area contributed by atoms with Gasteiger partial charge in [-0.3, -0.25) is 0 Å². The van der Waals surface area contributed by atoms with E-state index in [1.165, 1.54) is 0 Å². The molecule has 0 atom stereocenters. The Kier molecular flexibility index (Phi) is 7.56. The van der Waals surface area contributed by atoms with E-state index >= 15 is 0 Å². The van der Waals surface area contributed by atoms with Gasteiger partial charge in [0.1, 0.15) is 0 Å². The lowest BCUT2D eigenvalue weighted by Gasteiger charge is -2.30. The summed E-state index contributed by atoms with van der Waals surface area (Å²) in [6, 6.07) is 2.21. The van der Waals surface area contributed by atoms with E-state index in [9.17, 15) is 0 Å². The molecule has 19 heavy (non-hydrogen) atoms. The first-order valence-electron chi connectivity index (χ1n) is 7.05. The third-order valence-electron chi connectivity index (χ3n) is 3.04. The topological polar surface area (TPSA) is 38.2 Å². The van der Waals surface area contributed by atoms with Crippen molar-refractivity contribution in [3.05, 3.63) is 12.3 Å². The maximum Gasteiger partial charge on any atom is 0.228 e. The van der Waals surface area contributed by atoms with E-state index < -0.39 is 0 Å². The van der Waals surface area contributed by atoms with Crippen LogP contribution in [0.4, 0.5) is 5.95 Å². The molecule has 0 radical (unpaired) electrons. The summed E-state index contributed by atoms with van der Waals surface area (Å²) in [7, 11) is 0. The molecule has 0 N–H and O–H groups in total. The molecule has 4 nitrogen and oxygen atoms in total. The highest BCUT2D eigenvalue weighted by Gasteiger charge is 2.18. The Morgan fingerprint density at radius 3 is 2.63 bits per heavy atom. The molecule has 0 unspecified atom stereocenters. The average Bonchev–Trinajstić information content (AvgIpc) is 2.45. The zero-order valence-corrected chi connectivity index (χ0v) is 12.9. The Morgan fingerprint density at radius 2 is 2.05 bits per heavy atom. The van der Waals surface area contributed by atoms with Gasteiger partial charge in [-0.1, -0.05) is 20.8 Å². The minimum absolute atomic E-state index is 0.417. The fraction of sp³-hybridized carbons (Fsp3) is 0.714. The van der Waals surface area contributed by atoms with E-state index in [0.717, 1.165) is 25.8 Å². The molecular formula is C14H24ClN3O. The number of aromatic nitrogens is 2. The minimum Gasteiger partial charge on any atom is -0.478 e. The van der Waals surface area contributed by atoms with Gasteiger partial charge in [0.15, 0.2) is 0 Å². The Hall–Kier alpha value is -1.03. The van der Waals surface area contributed by atoms with E-state index in [1.807, 2.05) is 0 Å². The molecule has 1 rings (SSSR count). The second kappa shape index (κ2) is 8.97. The Labute approximate surface area is 121 Å². The predicted octanol–water partition coefficient (Wildman–Crippen LogP) is 3.50. The lowest BCUT2D eigenvalue weighted by atomic mass is 10.1. The van der Waals surface area contributed by atoms with Crippen LogP contribution in [0.25, 0.3) is 0 Å². The quantitative estimate of drug-likeness (QED) is 0.651. The Bertz CT molecular complexity index is 358. The highest BCUT2D eigenvalue weighted by Crippen LogP contribution is 2.18. The van der Waals surface area contributed by atoms with Crippen LogP contribution in [0.1, 0.15) is 40.0 Å². The SMILES string of the molecule is CCCOc1ccnc(N(CCCl)C(CC)CC)n1. The molecule has 1 aromatic rings. The van der Waals surface area contributed by atoms with Gasteiger partial charge in [-0.2, -0.15) is 4.98 Å². The van der Waals surface area contributed by atoms with Gasteiger partial charge in [-0.25, -0.2) is 4.98 Å². The number of hydrogen-bond acceptors (Lipinski definition) is 4. The number of halogens is 1. The van der Waals surface area contributed by atoms with Crippen LogP contribution in [0.2, 0.25) is 0 Å². The summed E-state index contributed by atoms with van der Waals surface area (Å²) in [5.41, 5.74) is 0. The van der Waals surface area contributed by atoms with E-state index in [-0.39, 0.29) is 0 Å². The third kappa shape index (κ3) is 4.86. The van der Waals surface area contributed by atoms with Crippen molar-refractivity contribution in [3.63, 3.8) is 0 Å². The minimum atomic E-state index is 0.417. The van der Waals surface area contributed by atoms with Gasteiger partial charge < -0.3 is 9.64 Å². The van der Waals surface area contributed by atoms with Crippen LogP contribution < -0.4 is 9.64 Å². The molecule has 0 aliphatic heterocycles. The lowest BCUT2D eigenvalue weighted by molar-refractivity contribution is 0.304. The van der Waals surface area contributed by atoms with Crippen molar-refractivity contribution in [3.8, 4) is 5.88 Å². The van der Waals surface area contributed by atoms with Crippen molar-refractivity contribution >= 4 is 17.5 Å². The van der Waals surface area contributed by atoms with Gasteiger partial charge in [-0.15, -0.1) is 11.6 Å². The second-order valence-electron chi connectivity index (χ2n) is 4.40. The van der Waals surface area contributed by atoms with Crippen LogP contribution in [0.3, 0.4) is 0 Å². The van der Waals surface area contributed by atoms with Gasteiger partial charge in [-0.05, 0) is 19.3 Å². The van der Waals surface area contributed by atoms with Crippen molar-refractivity contribution < 1.29 is 4.74 Å². The van der Waals surface area contributed by atoms with Crippen LogP contribution >= 0.6 is 11.6 Å². The van der Waals surface area contributed by atoms with Gasteiger partial charge in [0, 0.05) is 30.7 Å². The molecule has 0 amide bonds. The summed E-state index contributed by atoms with van der Waals surface area (Å²) < 4.78 is 5.56. The summed E-state index contributed by atoms with van der Waals surface area (Å²) in [6.45, 7) is 7.86. The van der Waals surface area contributed by atoms with E-state index in [1.54, 1.807) is 12.3 Å². The zero-order valence-electron chi connectivity index (χ0n) is 12.1. The number of nitrogens with zero attached hydrogens (tertiary/aromatic N) is 3. The monoisotopic (exact) mass is 285 g/mol. The molecule has 0 bridgehead atoms. The third-order valence-corrected chi connectivity index (χ3v) is 3.21. The van der Waals surface area contributed by atoms with Gasteiger partial charge in [0.05, 0.1) is 6.61 Å². The highest BCUT2D eigenvalue weighted by atomic mass is 35.5. The van der Waals surface area contributed by atoms with Crippen LogP contribution in [-0.2, 0) is 0 Å². The fourth-order valence-corrected chi connectivity index (χ4v) is 2.21. The number of ether oxygens (including phenoxy) is 1. The molecule has 1 heterocycles. The number of hydrogen-bond donors (Lipinski definition) is 0. The number of rotatable bonds is 9. The zero-order chi connectivity index (χ0) is 14.1. The molecule has 108 valence electrons. The molecule has 0 saturated carbocycles. The molecule has 0 spiro atoms. The second-order valence-corrected chi connectivity index (χ2v) is 4.77. The highest BCUT2D eigenvalue weighted by molar-refractivity contribution is 6.18. The first-order valence-corrected chi connectivity index (χ1v) is 7.58. The maximum absolute atomic E-state index is 5.90. The predicted molar refractivity (Wildman–Crippen MR) is 80.3 cm³/mol. The fourth-order valence-electron chi connectivity index (χ4n) is 2.02. The summed E-state index contributed by atoms with van der Waals surface area (Å²) in [6.07, 6.45) is 4.82. The number of anilines is 1. The number of alkyl halides is 1. The van der Waals surface area contributed by atoms with Crippen LogP contribution in [0.5, 0.6) is 5.88 Å². The first-order chi connectivity index (χ1) is 9.26. The largest absolute Gasteiger partial charge is 0.478 e. The molecule has 0 aliphatic carbocycles. The Morgan fingerprint density at radius 1 is 1.32 bits per heavy atom. The summed E-state index contributed by atoms with van der Waals surface area (Å²) in [4.78, 5) is 11.0.